The van der Waals surface area contributed by atoms with Gasteiger partial charge in [0.15, 0.2) is 0 Å². The van der Waals surface area contributed by atoms with E-state index in [2.05, 4.69) is 10.0 Å². The van der Waals surface area contributed by atoms with Crippen LogP contribution in [0.4, 0.5) is 11.4 Å². The van der Waals surface area contributed by atoms with Gasteiger partial charge in [-0.15, -0.1) is 0 Å². The first-order valence-corrected chi connectivity index (χ1v) is 8.72. The van der Waals surface area contributed by atoms with Crippen molar-refractivity contribution in [2.24, 2.45) is 0 Å². The maximum absolute atomic E-state index is 12.6. The third-order valence-electron chi connectivity index (χ3n) is 3.13. The second-order valence-corrected chi connectivity index (χ2v) is 7.29. The standard InChI is InChI=1S/C16H17ClN2O3S/c1-10-7-15(18-12(3)20)8-11(2)16(10)23(21,22)19-14-6-4-5-13(17)9-14/h4-9,19H,1-3H3,(H,18,20). The van der Waals surface area contributed by atoms with E-state index in [1.165, 1.54) is 13.0 Å². The number of anilines is 2. The van der Waals surface area contributed by atoms with Crippen LogP contribution in [0.1, 0.15) is 18.1 Å². The molecule has 0 aliphatic carbocycles. The van der Waals surface area contributed by atoms with Gasteiger partial charge in [0.05, 0.1) is 10.6 Å². The first-order chi connectivity index (χ1) is 10.7. The van der Waals surface area contributed by atoms with Crippen LogP contribution in [0.2, 0.25) is 5.02 Å². The first kappa shape index (κ1) is 17.3. The summed E-state index contributed by atoms with van der Waals surface area (Å²) in [4.78, 5) is 11.3. The van der Waals surface area contributed by atoms with E-state index in [1.807, 2.05) is 0 Å². The van der Waals surface area contributed by atoms with Crippen molar-refractivity contribution in [3.63, 3.8) is 0 Å². The molecule has 23 heavy (non-hydrogen) atoms. The van der Waals surface area contributed by atoms with Gasteiger partial charge in [-0.1, -0.05) is 17.7 Å². The summed E-state index contributed by atoms with van der Waals surface area (Å²) in [6.07, 6.45) is 0. The van der Waals surface area contributed by atoms with Crippen LogP contribution in [0.25, 0.3) is 0 Å². The second kappa shape index (κ2) is 6.60. The van der Waals surface area contributed by atoms with Gasteiger partial charge in [-0.3, -0.25) is 9.52 Å². The minimum atomic E-state index is -3.76. The van der Waals surface area contributed by atoms with Gasteiger partial charge in [0.25, 0.3) is 10.0 Å². The molecule has 2 N–H and O–H groups in total. The normalized spacial score (nSPS) is 11.1. The zero-order valence-corrected chi connectivity index (χ0v) is 14.5. The fourth-order valence-corrected chi connectivity index (χ4v) is 4.10. The van der Waals surface area contributed by atoms with Gasteiger partial charge in [-0.05, 0) is 55.3 Å². The maximum Gasteiger partial charge on any atom is 0.262 e. The number of sulfonamides is 1. The fraction of sp³-hybridized carbons (Fsp3) is 0.188. The molecule has 2 aromatic carbocycles. The lowest BCUT2D eigenvalue weighted by Gasteiger charge is -2.15. The summed E-state index contributed by atoms with van der Waals surface area (Å²) in [7, 11) is -3.76. The van der Waals surface area contributed by atoms with Gasteiger partial charge >= 0.3 is 0 Å². The maximum atomic E-state index is 12.6. The number of aryl methyl sites for hydroxylation is 2. The van der Waals surface area contributed by atoms with E-state index in [9.17, 15) is 13.2 Å². The van der Waals surface area contributed by atoms with Gasteiger partial charge in [0, 0.05) is 17.6 Å². The van der Waals surface area contributed by atoms with Crippen molar-refractivity contribution in [1.29, 1.82) is 0 Å². The molecule has 0 saturated heterocycles. The van der Waals surface area contributed by atoms with Crippen molar-refractivity contribution < 1.29 is 13.2 Å². The van der Waals surface area contributed by atoms with Crippen LogP contribution < -0.4 is 10.0 Å². The van der Waals surface area contributed by atoms with Crippen LogP contribution in [0.15, 0.2) is 41.3 Å². The summed E-state index contributed by atoms with van der Waals surface area (Å²) >= 11 is 5.88. The summed E-state index contributed by atoms with van der Waals surface area (Å²) < 4.78 is 27.8. The molecule has 2 rings (SSSR count). The van der Waals surface area contributed by atoms with Crippen LogP contribution >= 0.6 is 11.6 Å². The van der Waals surface area contributed by atoms with E-state index in [1.54, 1.807) is 44.2 Å². The minimum Gasteiger partial charge on any atom is -0.326 e. The van der Waals surface area contributed by atoms with Gasteiger partial charge in [-0.2, -0.15) is 0 Å². The van der Waals surface area contributed by atoms with E-state index in [0.717, 1.165) is 0 Å². The van der Waals surface area contributed by atoms with Gasteiger partial charge in [0.2, 0.25) is 5.91 Å². The van der Waals surface area contributed by atoms with Crippen LogP contribution in [0.3, 0.4) is 0 Å². The van der Waals surface area contributed by atoms with E-state index in [-0.39, 0.29) is 10.8 Å². The van der Waals surface area contributed by atoms with Crippen molar-refractivity contribution >= 4 is 38.9 Å². The van der Waals surface area contributed by atoms with Crippen molar-refractivity contribution in [1.82, 2.24) is 0 Å². The highest BCUT2D eigenvalue weighted by molar-refractivity contribution is 7.92. The Morgan fingerprint density at radius 1 is 1.04 bits per heavy atom. The van der Waals surface area contributed by atoms with Gasteiger partial charge in [-0.25, -0.2) is 8.42 Å². The molecule has 1 amide bonds. The Morgan fingerprint density at radius 2 is 1.65 bits per heavy atom. The number of carbonyl (C=O) groups excluding carboxylic acids is 1. The van der Waals surface area contributed by atoms with Crippen molar-refractivity contribution in [3.8, 4) is 0 Å². The summed E-state index contributed by atoms with van der Waals surface area (Å²) in [5.41, 5.74) is 2.04. The van der Waals surface area contributed by atoms with E-state index >= 15 is 0 Å². The molecule has 0 radical (unpaired) electrons. The topological polar surface area (TPSA) is 75.3 Å². The molecule has 5 nitrogen and oxygen atoms in total. The number of benzene rings is 2. The molecule has 0 unspecified atom stereocenters. The van der Waals surface area contributed by atoms with Crippen molar-refractivity contribution in [3.05, 3.63) is 52.5 Å². The zero-order valence-electron chi connectivity index (χ0n) is 13.0. The average Bonchev–Trinajstić information content (AvgIpc) is 2.35. The molecule has 0 atom stereocenters. The summed E-state index contributed by atoms with van der Waals surface area (Å²) in [6.45, 7) is 4.77. The summed E-state index contributed by atoms with van der Waals surface area (Å²) in [5, 5.41) is 3.09. The van der Waals surface area contributed by atoms with Crippen LogP contribution in [-0.2, 0) is 14.8 Å². The van der Waals surface area contributed by atoms with Crippen molar-refractivity contribution in [2.45, 2.75) is 25.7 Å². The Morgan fingerprint density at radius 3 is 2.17 bits per heavy atom. The lowest BCUT2D eigenvalue weighted by atomic mass is 10.1. The Labute approximate surface area is 140 Å². The van der Waals surface area contributed by atoms with Gasteiger partial charge < -0.3 is 5.32 Å². The summed E-state index contributed by atoms with van der Waals surface area (Å²) in [6, 6.07) is 9.74. The Balaban J connectivity index is 2.42. The molecule has 2 aromatic rings. The molecule has 7 heteroatoms. The lowest BCUT2D eigenvalue weighted by Crippen LogP contribution is -2.16. The number of halogens is 1. The number of hydrogen-bond donors (Lipinski definition) is 2. The molecular weight excluding hydrogens is 336 g/mol. The average molecular weight is 353 g/mol. The molecule has 0 aliphatic rings. The molecule has 0 spiro atoms. The Bertz CT molecular complexity index is 840. The van der Waals surface area contributed by atoms with Crippen LogP contribution in [0, 0.1) is 13.8 Å². The molecule has 0 fully saturated rings. The fourth-order valence-electron chi connectivity index (χ4n) is 2.41. The van der Waals surface area contributed by atoms with E-state index in [4.69, 9.17) is 11.6 Å². The largest absolute Gasteiger partial charge is 0.326 e. The number of amides is 1. The van der Waals surface area contributed by atoms with Crippen LogP contribution in [-0.4, -0.2) is 14.3 Å². The third-order valence-corrected chi connectivity index (χ3v) is 5.05. The Hall–Kier alpha value is -2.05. The number of nitrogens with one attached hydrogen (secondary N) is 2. The first-order valence-electron chi connectivity index (χ1n) is 6.86. The molecular formula is C16H17ClN2O3S. The molecule has 0 aliphatic heterocycles. The minimum absolute atomic E-state index is 0.187. The third kappa shape index (κ3) is 4.24. The monoisotopic (exact) mass is 352 g/mol. The Kier molecular flexibility index (Phi) is 4.97. The highest BCUT2D eigenvalue weighted by Gasteiger charge is 2.20. The molecule has 0 bridgehead atoms. The molecule has 0 aromatic heterocycles. The van der Waals surface area contributed by atoms with Crippen molar-refractivity contribution in [2.75, 3.05) is 10.0 Å². The van der Waals surface area contributed by atoms with Gasteiger partial charge in [0.1, 0.15) is 0 Å². The lowest BCUT2D eigenvalue weighted by molar-refractivity contribution is -0.114. The predicted octanol–water partition coefficient (Wildman–Crippen LogP) is 3.72. The molecule has 122 valence electrons. The van der Waals surface area contributed by atoms with Crippen LogP contribution in [0.5, 0.6) is 0 Å². The highest BCUT2D eigenvalue weighted by Crippen LogP contribution is 2.27. The quantitative estimate of drug-likeness (QED) is 0.880. The smallest absolute Gasteiger partial charge is 0.262 e. The SMILES string of the molecule is CC(=O)Nc1cc(C)c(S(=O)(=O)Nc2cccc(Cl)c2)c(C)c1. The highest BCUT2D eigenvalue weighted by atomic mass is 35.5. The molecule has 0 saturated carbocycles. The predicted molar refractivity (Wildman–Crippen MR) is 92.5 cm³/mol. The second-order valence-electron chi connectivity index (χ2n) is 5.24. The summed E-state index contributed by atoms with van der Waals surface area (Å²) in [5.74, 6) is -0.212. The molecule has 0 heterocycles. The van der Waals surface area contributed by atoms with E-state index < -0.39 is 10.0 Å². The number of hydrogen-bond acceptors (Lipinski definition) is 3. The van der Waals surface area contributed by atoms with E-state index in [0.29, 0.717) is 27.5 Å². The number of rotatable bonds is 4. The number of carbonyl (C=O) groups is 1. The zero-order chi connectivity index (χ0) is 17.2.